The number of carbonyl (C=O) groups excluding carboxylic acids is 1. The Bertz CT molecular complexity index is 881. The number of nitrogens with zero attached hydrogens (tertiary/aromatic N) is 4. The molecule has 122 valence electrons. The maximum Gasteiger partial charge on any atom is 0.368 e. The van der Waals surface area contributed by atoms with Crippen molar-refractivity contribution in [2.24, 2.45) is 5.73 Å². The van der Waals surface area contributed by atoms with Crippen molar-refractivity contribution in [1.29, 1.82) is 0 Å². The predicted octanol–water partition coefficient (Wildman–Crippen LogP) is 1.16. The van der Waals surface area contributed by atoms with Gasteiger partial charge in [0.2, 0.25) is 5.91 Å². The molecule has 0 spiro atoms. The Morgan fingerprint density at radius 3 is 2.38 bits per heavy atom. The second-order valence-electron chi connectivity index (χ2n) is 5.40. The molecule has 0 bridgehead atoms. The fraction of sp³-hybridized carbons (Fsp3) is 0.176. The van der Waals surface area contributed by atoms with Crippen LogP contribution in [0.15, 0.2) is 59.4 Å². The molecule has 2 aromatic carbocycles. The smallest absolute Gasteiger partial charge is 0.366 e. The average Bonchev–Trinajstić information content (AvgIpc) is 2.97. The maximum absolute atomic E-state index is 12.3. The lowest BCUT2D eigenvalue weighted by atomic mass is 10.1. The molecule has 0 radical (unpaired) electrons. The van der Waals surface area contributed by atoms with E-state index < -0.39 is 5.91 Å². The first-order valence-electron chi connectivity index (χ1n) is 7.62. The number of aryl methyl sites for hydroxylation is 2. The second-order valence-corrected chi connectivity index (χ2v) is 5.40. The van der Waals surface area contributed by atoms with Crippen LogP contribution in [0.2, 0.25) is 0 Å². The molecule has 24 heavy (non-hydrogen) atoms. The van der Waals surface area contributed by atoms with Gasteiger partial charge < -0.3 is 5.73 Å². The number of hydrogen-bond donors (Lipinski definition) is 1. The Hall–Kier alpha value is -3.22. The zero-order chi connectivity index (χ0) is 16.9. The predicted molar refractivity (Wildman–Crippen MR) is 88.9 cm³/mol. The van der Waals surface area contributed by atoms with E-state index in [4.69, 9.17) is 5.73 Å². The molecule has 0 unspecified atom stereocenters. The molecule has 1 amide bonds. The van der Waals surface area contributed by atoms with Crippen molar-refractivity contribution >= 4 is 5.91 Å². The van der Waals surface area contributed by atoms with Gasteiger partial charge in [-0.15, -0.1) is 0 Å². The highest BCUT2D eigenvalue weighted by Crippen LogP contribution is 2.06. The average molecular weight is 323 g/mol. The lowest BCUT2D eigenvalue weighted by Gasteiger charge is -2.01. The number of carbonyl (C=O) groups is 1. The van der Waals surface area contributed by atoms with Crippen LogP contribution in [0.1, 0.15) is 22.3 Å². The summed E-state index contributed by atoms with van der Waals surface area (Å²) in [6, 6.07) is 16.4. The van der Waals surface area contributed by atoms with Gasteiger partial charge in [0.15, 0.2) is 0 Å². The van der Waals surface area contributed by atoms with Gasteiger partial charge in [0.05, 0.1) is 5.69 Å². The van der Waals surface area contributed by atoms with Gasteiger partial charge in [-0.1, -0.05) is 30.3 Å². The van der Waals surface area contributed by atoms with Crippen LogP contribution in [0, 0.1) is 0 Å². The van der Waals surface area contributed by atoms with Gasteiger partial charge >= 0.3 is 5.69 Å². The number of rotatable bonds is 6. The first-order chi connectivity index (χ1) is 11.6. The summed E-state index contributed by atoms with van der Waals surface area (Å²) in [6.07, 6.45) is 1.66. The van der Waals surface area contributed by atoms with Gasteiger partial charge in [-0.05, 0) is 53.1 Å². The highest BCUT2D eigenvalue weighted by atomic mass is 16.2. The van der Waals surface area contributed by atoms with Crippen LogP contribution in [-0.4, -0.2) is 25.7 Å². The number of nitrogens with two attached hydrogens (primary N) is 1. The standard InChI is InChI=1S/C17H17N5O2/c18-16(23)14-8-10-15(11-9-14)22-17(24)21(19-20-22)12-4-7-13-5-2-1-3-6-13/h1-3,5-6,8-11H,4,7,12H2,(H2,18,23). The molecule has 0 aliphatic heterocycles. The first-order valence-corrected chi connectivity index (χ1v) is 7.62. The molecule has 1 heterocycles. The van der Waals surface area contributed by atoms with E-state index >= 15 is 0 Å². The van der Waals surface area contributed by atoms with Crippen molar-refractivity contribution in [2.45, 2.75) is 19.4 Å². The van der Waals surface area contributed by atoms with Crippen LogP contribution in [0.3, 0.4) is 0 Å². The van der Waals surface area contributed by atoms with E-state index in [1.165, 1.54) is 14.9 Å². The molecular formula is C17H17N5O2. The second kappa shape index (κ2) is 6.91. The van der Waals surface area contributed by atoms with Crippen LogP contribution in [0.4, 0.5) is 0 Å². The minimum atomic E-state index is -0.515. The van der Waals surface area contributed by atoms with E-state index in [1.807, 2.05) is 18.2 Å². The monoisotopic (exact) mass is 323 g/mol. The topological polar surface area (TPSA) is 95.8 Å². The Kier molecular flexibility index (Phi) is 4.51. The molecule has 7 nitrogen and oxygen atoms in total. The van der Waals surface area contributed by atoms with Crippen molar-refractivity contribution in [2.75, 3.05) is 0 Å². The normalized spacial score (nSPS) is 10.7. The van der Waals surface area contributed by atoms with Crippen LogP contribution in [0.25, 0.3) is 5.69 Å². The molecule has 0 saturated carbocycles. The quantitative estimate of drug-likeness (QED) is 0.736. The molecule has 1 aromatic heterocycles. The summed E-state index contributed by atoms with van der Waals surface area (Å²) in [4.78, 5) is 23.4. The van der Waals surface area contributed by atoms with Gasteiger partial charge in [0, 0.05) is 12.1 Å². The summed E-state index contributed by atoms with van der Waals surface area (Å²) in [7, 11) is 0. The summed E-state index contributed by atoms with van der Waals surface area (Å²) >= 11 is 0. The third kappa shape index (κ3) is 3.40. The zero-order valence-corrected chi connectivity index (χ0v) is 13.0. The molecule has 2 N–H and O–H groups in total. The Labute approximate surface area is 138 Å². The van der Waals surface area contributed by atoms with Gasteiger partial charge in [0.1, 0.15) is 0 Å². The van der Waals surface area contributed by atoms with Crippen molar-refractivity contribution in [3.8, 4) is 5.69 Å². The van der Waals surface area contributed by atoms with Gasteiger partial charge in [-0.25, -0.2) is 4.79 Å². The molecule has 0 aliphatic rings. The molecular weight excluding hydrogens is 306 g/mol. The van der Waals surface area contributed by atoms with Crippen LogP contribution >= 0.6 is 0 Å². The minimum Gasteiger partial charge on any atom is -0.366 e. The molecule has 0 aliphatic carbocycles. The summed E-state index contributed by atoms with van der Waals surface area (Å²) in [5, 5.41) is 7.79. The van der Waals surface area contributed by atoms with E-state index in [0.717, 1.165) is 12.8 Å². The van der Waals surface area contributed by atoms with Crippen LogP contribution < -0.4 is 11.4 Å². The van der Waals surface area contributed by atoms with E-state index in [9.17, 15) is 9.59 Å². The molecule has 3 rings (SSSR count). The molecule has 0 atom stereocenters. The van der Waals surface area contributed by atoms with E-state index in [-0.39, 0.29) is 5.69 Å². The van der Waals surface area contributed by atoms with Crippen LogP contribution in [-0.2, 0) is 13.0 Å². The summed E-state index contributed by atoms with van der Waals surface area (Å²) in [6.45, 7) is 0.493. The third-order valence-electron chi connectivity index (χ3n) is 3.71. The Morgan fingerprint density at radius 1 is 1.00 bits per heavy atom. The molecule has 0 fully saturated rings. The SMILES string of the molecule is NC(=O)c1ccc(-n2nnn(CCCc3ccccc3)c2=O)cc1. The lowest BCUT2D eigenvalue weighted by Crippen LogP contribution is -2.24. The largest absolute Gasteiger partial charge is 0.368 e. The summed E-state index contributed by atoms with van der Waals surface area (Å²) < 4.78 is 2.54. The van der Waals surface area contributed by atoms with Gasteiger partial charge in [-0.2, -0.15) is 9.36 Å². The fourth-order valence-corrected chi connectivity index (χ4v) is 2.42. The molecule has 3 aromatic rings. The summed E-state index contributed by atoms with van der Waals surface area (Å²) in [5.74, 6) is -0.515. The van der Waals surface area contributed by atoms with Crippen molar-refractivity contribution in [3.05, 3.63) is 76.2 Å². The minimum absolute atomic E-state index is 0.310. The maximum atomic E-state index is 12.3. The molecule has 0 saturated heterocycles. The van der Waals surface area contributed by atoms with Crippen molar-refractivity contribution in [1.82, 2.24) is 19.8 Å². The Balaban J connectivity index is 1.69. The number of hydrogen-bond acceptors (Lipinski definition) is 4. The zero-order valence-electron chi connectivity index (χ0n) is 13.0. The number of tetrazole rings is 1. The number of amides is 1. The van der Waals surface area contributed by atoms with E-state index in [1.54, 1.807) is 24.3 Å². The third-order valence-corrected chi connectivity index (χ3v) is 3.71. The fourth-order valence-electron chi connectivity index (χ4n) is 2.42. The highest BCUT2D eigenvalue weighted by Gasteiger charge is 2.09. The number of benzene rings is 2. The lowest BCUT2D eigenvalue weighted by molar-refractivity contribution is 0.100. The number of primary amides is 1. The van der Waals surface area contributed by atoms with Crippen LogP contribution in [0.5, 0.6) is 0 Å². The summed E-state index contributed by atoms with van der Waals surface area (Å²) in [5.41, 5.74) is 7.03. The van der Waals surface area contributed by atoms with E-state index in [2.05, 4.69) is 22.6 Å². The highest BCUT2D eigenvalue weighted by molar-refractivity contribution is 5.92. The van der Waals surface area contributed by atoms with E-state index in [0.29, 0.717) is 17.8 Å². The molecule has 7 heteroatoms. The number of aromatic nitrogens is 4. The van der Waals surface area contributed by atoms with Gasteiger partial charge in [0.25, 0.3) is 0 Å². The first kappa shape index (κ1) is 15.7. The van der Waals surface area contributed by atoms with Crippen molar-refractivity contribution in [3.63, 3.8) is 0 Å². The van der Waals surface area contributed by atoms with Gasteiger partial charge in [-0.3, -0.25) is 4.79 Å². The van der Waals surface area contributed by atoms with Crippen molar-refractivity contribution < 1.29 is 4.79 Å². The Morgan fingerprint density at radius 2 is 1.71 bits per heavy atom.